The molecule has 1 aromatic rings. The lowest BCUT2D eigenvalue weighted by atomic mass is 10.0. The highest BCUT2D eigenvalue weighted by Crippen LogP contribution is 2.26. The van der Waals surface area contributed by atoms with E-state index in [-0.39, 0.29) is 11.7 Å². The van der Waals surface area contributed by atoms with E-state index in [4.69, 9.17) is 16.3 Å². The minimum Gasteiger partial charge on any atom is -0.369 e. The van der Waals surface area contributed by atoms with Gasteiger partial charge in [-0.05, 0) is 38.5 Å². The Bertz CT molecular complexity index is 374. The molecule has 0 aliphatic carbocycles. The van der Waals surface area contributed by atoms with Crippen LogP contribution < -0.4 is 4.90 Å². The molecule has 2 nitrogen and oxygen atoms in total. The van der Waals surface area contributed by atoms with Gasteiger partial charge in [-0.3, -0.25) is 0 Å². The fourth-order valence-electron chi connectivity index (χ4n) is 2.45. The number of nitrogens with zero attached hydrogens (tertiary/aromatic N) is 1. The van der Waals surface area contributed by atoms with Gasteiger partial charge in [-0.15, -0.1) is 11.6 Å². The summed E-state index contributed by atoms with van der Waals surface area (Å²) in [5.74, 6) is 0.575. The fourth-order valence-corrected chi connectivity index (χ4v) is 2.62. The van der Waals surface area contributed by atoms with Gasteiger partial charge in [-0.25, -0.2) is 0 Å². The van der Waals surface area contributed by atoms with Gasteiger partial charge in [0.25, 0.3) is 0 Å². The maximum Gasteiger partial charge on any atom is 0.0805 e. The van der Waals surface area contributed by atoms with E-state index in [1.54, 1.807) is 0 Å². The maximum absolute atomic E-state index is 5.91. The van der Waals surface area contributed by atoms with Crippen LogP contribution in [0, 0.1) is 0 Å². The third kappa shape index (κ3) is 3.14. The Labute approximate surface area is 109 Å². The normalized spacial score (nSPS) is 23.8. The molecule has 0 spiro atoms. The van der Waals surface area contributed by atoms with Crippen molar-refractivity contribution in [3.05, 3.63) is 29.8 Å². The Hall–Kier alpha value is -0.730. The van der Waals surface area contributed by atoms with Gasteiger partial charge in [0, 0.05) is 24.7 Å². The van der Waals surface area contributed by atoms with E-state index < -0.39 is 0 Å². The molecule has 1 aliphatic rings. The lowest BCUT2D eigenvalue weighted by Crippen LogP contribution is -2.52. The first-order valence-electron chi connectivity index (χ1n) is 6.08. The van der Waals surface area contributed by atoms with Crippen LogP contribution in [-0.2, 0) is 10.6 Å². The first-order chi connectivity index (χ1) is 8.00. The molecule has 94 valence electrons. The predicted molar refractivity (Wildman–Crippen MR) is 72.8 cm³/mol. The fraction of sp³-hybridized carbons (Fsp3) is 0.571. The molecule has 1 saturated heterocycles. The largest absolute Gasteiger partial charge is 0.369 e. The van der Waals surface area contributed by atoms with E-state index in [9.17, 15) is 0 Å². The van der Waals surface area contributed by atoms with Crippen molar-refractivity contribution < 1.29 is 4.74 Å². The number of anilines is 1. The van der Waals surface area contributed by atoms with E-state index in [1.807, 2.05) is 0 Å². The lowest BCUT2D eigenvalue weighted by molar-refractivity contribution is -0.0749. The Morgan fingerprint density at radius 2 is 2.00 bits per heavy atom. The number of rotatable bonds is 2. The summed E-state index contributed by atoms with van der Waals surface area (Å²) in [7, 11) is 0. The number of alkyl halides is 1. The molecule has 0 bridgehead atoms. The van der Waals surface area contributed by atoms with Crippen molar-refractivity contribution in [3.63, 3.8) is 0 Å². The van der Waals surface area contributed by atoms with Crippen molar-refractivity contribution >= 4 is 17.3 Å². The molecule has 0 amide bonds. The second-order valence-corrected chi connectivity index (χ2v) is 5.64. The van der Waals surface area contributed by atoms with Crippen LogP contribution in [0.15, 0.2) is 24.3 Å². The van der Waals surface area contributed by atoms with Crippen LogP contribution in [0.1, 0.15) is 26.3 Å². The van der Waals surface area contributed by atoms with E-state index >= 15 is 0 Å². The number of hydrogen-bond acceptors (Lipinski definition) is 2. The quantitative estimate of drug-likeness (QED) is 0.749. The molecule has 17 heavy (non-hydrogen) atoms. The molecule has 1 aromatic carbocycles. The molecule has 0 radical (unpaired) electrons. The molecule has 1 heterocycles. The maximum atomic E-state index is 5.91. The molecule has 3 heteroatoms. The first kappa shape index (κ1) is 12.7. The summed E-state index contributed by atoms with van der Waals surface area (Å²) in [6, 6.07) is 8.47. The van der Waals surface area contributed by atoms with Crippen LogP contribution in [0.3, 0.4) is 0 Å². The van der Waals surface area contributed by atoms with Crippen molar-refractivity contribution in [3.8, 4) is 0 Å². The molecule has 0 saturated carbocycles. The second-order valence-electron chi connectivity index (χ2n) is 5.37. The molecule has 2 rings (SSSR count). The number of morpholine rings is 1. The molecule has 0 N–H and O–H groups in total. The van der Waals surface area contributed by atoms with E-state index in [0.717, 1.165) is 18.7 Å². The van der Waals surface area contributed by atoms with E-state index in [2.05, 4.69) is 49.9 Å². The summed E-state index contributed by atoms with van der Waals surface area (Å²) in [6.45, 7) is 8.29. The Kier molecular flexibility index (Phi) is 3.64. The lowest BCUT2D eigenvalue weighted by Gasteiger charge is -2.43. The van der Waals surface area contributed by atoms with Crippen LogP contribution in [-0.4, -0.2) is 24.8 Å². The minimum atomic E-state index is -0.0805. The summed E-state index contributed by atoms with van der Waals surface area (Å²) in [5, 5.41) is 0. The molecule has 0 aromatic heterocycles. The van der Waals surface area contributed by atoms with Crippen molar-refractivity contribution in [2.24, 2.45) is 0 Å². The zero-order chi connectivity index (χ0) is 12.5. The summed E-state index contributed by atoms with van der Waals surface area (Å²) < 4.78 is 5.91. The monoisotopic (exact) mass is 253 g/mol. The van der Waals surface area contributed by atoms with E-state index in [0.29, 0.717) is 5.88 Å². The van der Waals surface area contributed by atoms with Gasteiger partial charge in [0.2, 0.25) is 0 Å². The number of ether oxygens (including phenoxy) is 1. The smallest absolute Gasteiger partial charge is 0.0805 e. The Morgan fingerprint density at radius 1 is 1.35 bits per heavy atom. The van der Waals surface area contributed by atoms with Crippen LogP contribution in [0.4, 0.5) is 5.69 Å². The summed E-state index contributed by atoms with van der Waals surface area (Å²) >= 11 is 5.80. The van der Waals surface area contributed by atoms with Crippen molar-refractivity contribution in [1.82, 2.24) is 0 Å². The third-order valence-electron chi connectivity index (χ3n) is 3.03. The molecule has 1 fully saturated rings. The number of halogens is 1. The molecule has 1 atom stereocenters. The Balaban J connectivity index is 2.15. The van der Waals surface area contributed by atoms with Gasteiger partial charge < -0.3 is 9.64 Å². The molecular weight excluding hydrogens is 234 g/mol. The highest BCUT2D eigenvalue weighted by Gasteiger charge is 2.31. The molecule has 1 aliphatic heterocycles. The van der Waals surface area contributed by atoms with Crippen molar-refractivity contribution in [1.29, 1.82) is 0 Å². The standard InChI is InChI=1S/C14H20ClNO/c1-11-9-16(10-14(2,3)17-11)13-6-4-12(8-15)5-7-13/h4-7,11H,8-10H2,1-3H3. The van der Waals surface area contributed by atoms with Crippen molar-refractivity contribution in [2.45, 2.75) is 38.4 Å². The SMILES string of the molecule is CC1CN(c2ccc(CCl)cc2)CC(C)(C)O1. The summed E-state index contributed by atoms with van der Waals surface area (Å²) in [5.41, 5.74) is 2.33. The Morgan fingerprint density at radius 3 is 2.53 bits per heavy atom. The predicted octanol–water partition coefficient (Wildman–Crippen LogP) is 3.43. The van der Waals surface area contributed by atoms with Crippen LogP contribution in [0.25, 0.3) is 0 Å². The van der Waals surface area contributed by atoms with Crippen LogP contribution >= 0.6 is 11.6 Å². The second kappa shape index (κ2) is 4.87. The van der Waals surface area contributed by atoms with Gasteiger partial charge in [0.15, 0.2) is 0 Å². The van der Waals surface area contributed by atoms with Gasteiger partial charge >= 0.3 is 0 Å². The van der Waals surface area contributed by atoms with E-state index in [1.165, 1.54) is 5.69 Å². The van der Waals surface area contributed by atoms with Gasteiger partial charge in [0.1, 0.15) is 0 Å². The molecular formula is C14H20ClNO. The average Bonchev–Trinajstić information content (AvgIpc) is 2.26. The number of benzene rings is 1. The van der Waals surface area contributed by atoms with Crippen LogP contribution in [0.5, 0.6) is 0 Å². The van der Waals surface area contributed by atoms with Gasteiger partial charge in [-0.1, -0.05) is 12.1 Å². The summed E-state index contributed by atoms with van der Waals surface area (Å²) in [6.07, 6.45) is 0.270. The first-order valence-corrected chi connectivity index (χ1v) is 6.61. The highest BCUT2D eigenvalue weighted by atomic mass is 35.5. The van der Waals surface area contributed by atoms with Gasteiger partial charge in [0.05, 0.1) is 11.7 Å². The summed E-state index contributed by atoms with van der Waals surface area (Å²) in [4.78, 5) is 2.38. The third-order valence-corrected chi connectivity index (χ3v) is 3.33. The number of hydrogen-bond donors (Lipinski definition) is 0. The zero-order valence-corrected chi connectivity index (χ0v) is 11.5. The molecule has 1 unspecified atom stereocenters. The highest BCUT2D eigenvalue weighted by molar-refractivity contribution is 6.17. The zero-order valence-electron chi connectivity index (χ0n) is 10.7. The minimum absolute atomic E-state index is 0.0805. The topological polar surface area (TPSA) is 12.5 Å². The van der Waals surface area contributed by atoms with Crippen molar-refractivity contribution in [2.75, 3.05) is 18.0 Å². The van der Waals surface area contributed by atoms with Gasteiger partial charge in [-0.2, -0.15) is 0 Å². The van der Waals surface area contributed by atoms with Crippen LogP contribution in [0.2, 0.25) is 0 Å². The average molecular weight is 254 g/mol.